The van der Waals surface area contributed by atoms with Crippen LogP contribution in [0, 0.1) is 0 Å². The third kappa shape index (κ3) is 3.14. The molecule has 7 heteroatoms. The van der Waals surface area contributed by atoms with Crippen LogP contribution in [0.5, 0.6) is 0 Å². The van der Waals surface area contributed by atoms with E-state index < -0.39 is 9.84 Å². The molecule has 0 fully saturated rings. The minimum Gasteiger partial charge on any atom is -0.332 e. The van der Waals surface area contributed by atoms with Crippen LogP contribution in [0.3, 0.4) is 0 Å². The molecule has 0 aromatic heterocycles. The third-order valence-electron chi connectivity index (χ3n) is 3.11. The van der Waals surface area contributed by atoms with Crippen LogP contribution in [-0.2, 0) is 9.84 Å². The lowest BCUT2D eigenvalue weighted by Crippen LogP contribution is -2.19. The first-order valence-corrected chi connectivity index (χ1v) is 8.68. The zero-order valence-electron chi connectivity index (χ0n) is 11.2. The van der Waals surface area contributed by atoms with Gasteiger partial charge in [-0.1, -0.05) is 17.7 Å². The lowest BCUT2D eigenvalue weighted by atomic mass is 10.2. The average Bonchev–Trinajstić information content (AvgIpc) is 2.77. The highest BCUT2D eigenvalue weighted by atomic mass is 35.5. The number of halogens is 1. The van der Waals surface area contributed by atoms with Crippen molar-refractivity contribution in [3.63, 3.8) is 0 Å². The summed E-state index contributed by atoms with van der Waals surface area (Å²) in [4.78, 5) is 0.284. The molecular weight excluding hydrogens is 340 g/mol. The number of hydrogen-bond acceptors (Lipinski definition) is 3. The van der Waals surface area contributed by atoms with Crippen LogP contribution in [0.4, 0.5) is 11.4 Å². The molecular formula is C15H11ClN2O2S2. The molecule has 0 saturated heterocycles. The van der Waals surface area contributed by atoms with Gasteiger partial charge in [0.05, 0.1) is 4.90 Å². The lowest BCUT2D eigenvalue weighted by Gasteiger charge is -2.11. The summed E-state index contributed by atoms with van der Waals surface area (Å²) in [5, 5.41) is 8.18. The van der Waals surface area contributed by atoms with Crippen LogP contribution in [0.25, 0.3) is 6.08 Å². The number of rotatable bonds is 2. The zero-order valence-corrected chi connectivity index (χ0v) is 13.6. The normalized spacial score (nSPS) is 14.4. The number of anilines is 2. The van der Waals surface area contributed by atoms with Crippen LogP contribution >= 0.6 is 23.8 Å². The first-order valence-electron chi connectivity index (χ1n) is 6.35. The Morgan fingerprint density at radius 3 is 2.36 bits per heavy atom. The highest BCUT2D eigenvalue weighted by molar-refractivity contribution is 7.94. The molecule has 4 nitrogen and oxygen atoms in total. The van der Waals surface area contributed by atoms with Crippen LogP contribution in [-0.4, -0.2) is 13.5 Å². The fourth-order valence-electron chi connectivity index (χ4n) is 2.06. The van der Waals surface area contributed by atoms with E-state index in [0.717, 1.165) is 5.69 Å². The third-order valence-corrected chi connectivity index (χ3v) is 5.02. The Balaban J connectivity index is 1.74. The van der Waals surface area contributed by atoms with Gasteiger partial charge in [-0.25, -0.2) is 8.42 Å². The molecule has 2 aromatic rings. The molecule has 0 atom stereocenters. The van der Waals surface area contributed by atoms with Gasteiger partial charge in [0.1, 0.15) is 0 Å². The topological polar surface area (TPSA) is 58.2 Å². The molecule has 0 unspecified atom stereocenters. The molecule has 112 valence electrons. The van der Waals surface area contributed by atoms with Crippen LogP contribution in [0.2, 0.25) is 5.02 Å². The first-order chi connectivity index (χ1) is 10.4. The Hall–Kier alpha value is -1.89. The summed E-state index contributed by atoms with van der Waals surface area (Å²) in [6, 6.07) is 12.2. The lowest BCUT2D eigenvalue weighted by molar-refractivity contribution is 0.605. The monoisotopic (exact) mass is 350 g/mol. The summed E-state index contributed by atoms with van der Waals surface area (Å²) in [7, 11) is -3.33. The number of hydrogen-bond donors (Lipinski definition) is 2. The minimum atomic E-state index is -3.33. The summed E-state index contributed by atoms with van der Waals surface area (Å²) in [6.45, 7) is 0. The van der Waals surface area contributed by atoms with E-state index in [-0.39, 0.29) is 4.90 Å². The highest BCUT2D eigenvalue weighted by Crippen LogP contribution is 2.29. The van der Waals surface area contributed by atoms with E-state index in [1.807, 2.05) is 0 Å². The molecule has 1 aliphatic rings. The van der Waals surface area contributed by atoms with Crippen molar-refractivity contribution in [3.8, 4) is 0 Å². The molecule has 3 rings (SSSR count). The van der Waals surface area contributed by atoms with Gasteiger partial charge in [0.25, 0.3) is 0 Å². The highest BCUT2D eigenvalue weighted by Gasteiger charge is 2.20. The Labute approximate surface area is 138 Å². The van der Waals surface area contributed by atoms with Gasteiger partial charge in [0.15, 0.2) is 5.11 Å². The van der Waals surface area contributed by atoms with Gasteiger partial charge >= 0.3 is 0 Å². The van der Waals surface area contributed by atoms with Crippen molar-refractivity contribution in [3.05, 3.63) is 58.5 Å². The van der Waals surface area contributed by atoms with Crippen molar-refractivity contribution in [2.24, 2.45) is 0 Å². The standard InChI is InChI=1S/C15H11ClN2O2S2/c16-11-2-5-12(6-3-11)17-15(21)18-13-4-1-10-7-8-22(19,20)14(10)9-13/h1-9H,(H2,17,18,21). The van der Waals surface area contributed by atoms with E-state index in [4.69, 9.17) is 23.8 Å². The molecule has 22 heavy (non-hydrogen) atoms. The van der Waals surface area contributed by atoms with Gasteiger partial charge in [-0.3, -0.25) is 0 Å². The molecule has 2 N–H and O–H groups in total. The second-order valence-corrected chi connectivity index (χ2v) is 7.33. The molecule has 0 saturated carbocycles. The summed E-state index contributed by atoms with van der Waals surface area (Å²) in [6.07, 6.45) is 1.58. The molecule has 2 aromatic carbocycles. The fraction of sp³-hybridized carbons (Fsp3) is 0. The van der Waals surface area contributed by atoms with Crippen LogP contribution in [0.15, 0.2) is 52.8 Å². The van der Waals surface area contributed by atoms with Gasteiger partial charge in [-0.2, -0.15) is 0 Å². The summed E-state index contributed by atoms with van der Waals surface area (Å²) >= 11 is 11.0. The maximum Gasteiger partial charge on any atom is 0.200 e. The van der Waals surface area contributed by atoms with E-state index in [9.17, 15) is 8.42 Å². The Kier molecular flexibility index (Phi) is 3.90. The van der Waals surface area contributed by atoms with E-state index in [2.05, 4.69) is 10.6 Å². The van der Waals surface area contributed by atoms with Crippen molar-refractivity contribution in [2.45, 2.75) is 4.90 Å². The smallest absolute Gasteiger partial charge is 0.200 e. The Morgan fingerprint density at radius 2 is 1.64 bits per heavy atom. The largest absolute Gasteiger partial charge is 0.332 e. The van der Waals surface area contributed by atoms with Gasteiger partial charge < -0.3 is 10.6 Å². The predicted octanol–water partition coefficient (Wildman–Crippen LogP) is 3.91. The van der Waals surface area contributed by atoms with E-state index in [0.29, 0.717) is 21.4 Å². The van der Waals surface area contributed by atoms with E-state index in [1.165, 1.54) is 5.41 Å². The van der Waals surface area contributed by atoms with Crippen molar-refractivity contribution >= 4 is 56.2 Å². The molecule has 0 spiro atoms. The van der Waals surface area contributed by atoms with Gasteiger partial charge in [0, 0.05) is 21.8 Å². The molecule has 0 amide bonds. The molecule has 0 aliphatic carbocycles. The van der Waals surface area contributed by atoms with Crippen molar-refractivity contribution in [1.29, 1.82) is 0 Å². The summed E-state index contributed by atoms with van der Waals surface area (Å²) in [5.41, 5.74) is 2.08. The second-order valence-electron chi connectivity index (χ2n) is 4.69. The van der Waals surface area contributed by atoms with Crippen molar-refractivity contribution in [1.82, 2.24) is 0 Å². The Bertz CT molecular complexity index is 875. The molecule has 1 aliphatic heterocycles. The molecule has 0 radical (unpaired) electrons. The zero-order chi connectivity index (χ0) is 15.7. The molecule has 0 bridgehead atoms. The molecule has 1 heterocycles. The summed E-state index contributed by atoms with van der Waals surface area (Å²) < 4.78 is 23.7. The number of thiocarbonyl (C=S) groups is 1. The maximum atomic E-state index is 11.8. The first kappa shape index (κ1) is 15.0. The van der Waals surface area contributed by atoms with Crippen molar-refractivity contribution in [2.75, 3.05) is 10.6 Å². The van der Waals surface area contributed by atoms with E-state index in [1.54, 1.807) is 48.5 Å². The number of sulfone groups is 1. The predicted molar refractivity (Wildman–Crippen MR) is 94.0 cm³/mol. The van der Waals surface area contributed by atoms with Gasteiger partial charge in [-0.15, -0.1) is 0 Å². The minimum absolute atomic E-state index is 0.284. The van der Waals surface area contributed by atoms with E-state index >= 15 is 0 Å². The van der Waals surface area contributed by atoms with Crippen LogP contribution in [0.1, 0.15) is 5.56 Å². The van der Waals surface area contributed by atoms with Crippen LogP contribution < -0.4 is 10.6 Å². The Morgan fingerprint density at radius 1 is 1.00 bits per heavy atom. The quantitative estimate of drug-likeness (QED) is 0.804. The average molecular weight is 351 g/mol. The SMILES string of the molecule is O=S1(=O)C=Cc2ccc(NC(=S)Nc3ccc(Cl)cc3)cc21. The second kappa shape index (κ2) is 5.72. The maximum absolute atomic E-state index is 11.8. The van der Waals surface area contributed by atoms with Gasteiger partial charge in [-0.05, 0) is 60.3 Å². The van der Waals surface area contributed by atoms with Crippen molar-refractivity contribution < 1.29 is 8.42 Å². The number of fused-ring (bicyclic) bond motifs is 1. The fourth-order valence-corrected chi connectivity index (χ4v) is 3.65. The summed E-state index contributed by atoms with van der Waals surface area (Å²) in [5.74, 6) is 0. The number of nitrogens with one attached hydrogen (secondary N) is 2. The van der Waals surface area contributed by atoms with Gasteiger partial charge in [0.2, 0.25) is 9.84 Å². The number of benzene rings is 2.